The minimum absolute atomic E-state index is 0.710. The molecule has 22 heavy (non-hydrogen) atoms. The average molecular weight is 292 g/mol. The Morgan fingerprint density at radius 2 is 1.64 bits per heavy atom. The molecule has 114 valence electrons. The van der Waals surface area contributed by atoms with Gasteiger partial charge >= 0.3 is 0 Å². The second kappa shape index (κ2) is 5.68. The molecule has 0 aromatic heterocycles. The zero-order chi connectivity index (χ0) is 14.9. The van der Waals surface area contributed by atoms with Crippen LogP contribution in [0, 0.1) is 5.92 Å². The van der Waals surface area contributed by atoms with Gasteiger partial charge in [-0.1, -0.05) is 48.9 Å². The average Bonchev–Trinajstić information content (AvgIpc) is 2.99. The fourth-order valence-corrected chi connectivity index (χ4v) is 4.28. The van der Waals surface area contributed by atoms with Crippen LogP contribution in [0.25, 0.3) is 0 Å². The molecule has 0 bridgehead atoms. The van der Waals surface area contributed by atoms with Crippen LogP contribution in [0.15, 0.2) is 54.6 Å². The van der Waals surface area contributed by atoms with Crippen LogP contribution in [0.3, 0.4) is 0 Å². The first-order chi connectivity index (χ1) is 10.8. The molecule has 1 fully saturated rings. The molecule has 4 rings (SSSR count). The third kappa shape index (κ3) is 2.37. The molecule has 0 saturated heterocycles. The number of rotatable bonds is 2. The Bertz CT molecular complexity index is 637. The summed E-state index contributed by atoms with van der Waals surface area (Å²) in [6.07, 6.45) is 4.09. The van der Waals surface area contributed by atoms with E-state index in [0.717, 1.165) is 12.5 Å². The Morgan fingerprint density at radius 1 is 0.909 bits per heavy atom. The molecule has 1 aliphatic carbocycles. The zero-order valence-corrected chi connectivity index (χ0v) is 13.3. The molecular formula is C20H24N2. The predicted molar refractivity (Wildman–Crippen MR) is 93.5 cm³/mol. The van der Waals surface area contributed by atoms with Gasteiger partial charge in [0.1, 0.15) is 0 Å². The summed E-state index contributed by atoms with van der Waals surface area (Å²) >= 11 is 0. The Kier molecular flexibility index (Phi) is 3.53. The highest BCUT2D eigenvalue weighted by molar-refractivity contribution is 5.72. The first-order valence-electron chi connectivity index (χ1n) is 8.43. The van der Waals surface area contributed by atoms with Crippen molar-refractivity contribution in [3.05, 3.63) is 60.2 Å². The van der Waals surface area contributed by atoms with Crippen molar-refractivity contribution < 1.29 is 0 Å². The van der Waals surface area contributed by atoms with Crippen LogP contribution in [0.4, 0.5) is 11.4 Å². The second-order valence-electron chi connectivity index (χ2n) is 6.72. The number of nitrogens with zero attached hydrogens (tertiary/aromatic N) is 2. The van der Waals surface area contributed by atoms with Crippen LogP contribution in [0.1, 0.15) is 24.8 Å². The van der Waals surface area contributed by atoms with E-state index in [2.05, 4.69) is 71.4 Å². The minimum atomic E-state index is 0.710. The summed E-state index contributed by atoms with van der Waals surface area (Å²) in [6.45, 7) is 2.19. The zero-order valence-electron chi connectivity index (χ0n) is 13.3. The van der Waals surface area contributed by atoms with Crippen LogP contribution in [0.2, 0.25) is 0 Å². The number of fused-ring (bicyclic) bond motifs is 2. The summed E-state index contributed by atoms with van der Waals surface area (Å²) in [6, 6.07) is 20.5. The smallest absolute Gasteiger partial charge is 0.0607 e. The molecule has 2 aliphatic rings. The van der Waals surface area contributed by atoms with Crippen molar-refractivity contribution in [2.24, 2.45) is 5.92 Å². The van der Waals surface area contributed by atoms with Crippen molar-refractivity contribution in [3.8, 4) is 0 Å². The Balaban J connectivity index is 1.72. The molecule has 2 aromatic rings. The fraction of sp³-hybridized carbons (Fsp3) is 0.400. The van der Waals surface area contributed by atoms with Crippen molar-refractivity contribution >= 4 is 11.4 Å². The van der Waals surface area contributed by atoms with Crippen molar-refractivity contribution in [2.45, 2.75) is 31.8 Å². The number of anilines is 2. The van der Waals surface area contributed by atoms with E-state index in [1.807, 2.05) is 0 Å². The standard InChI is InChI=1S/C20H24N2/c1-21-18-13-7-10-17(18)15-22(14-16-8-3-2-4-9-16)20-12-6-5-11-19(20)21/h2-6,8-9,11-12,17-18H,7,10,13-15H2,1H3/t17-,18?/m1/s1. The van der Waals surface area contributed by atoms with Crippen LogP contribution in [0.5, 0.6) is 0 Å². The monoisotopic (exact) mass is 292 g/mol. The van der Waals surface area contributed by atoms with Gasteiger partial charge in [-0.05, 0) is 36.5 Å². The molecule has 2 heteroatoms. The van der Waals surface area contributed by atoms with Crippen molar-refractivity contribution in [1.82, 2.24) is 0 Å². The Hall–Kier alpha value is -1.96. The van der Waals surface area contributed by atoms with E-state index in [9.17, 15) is 0 Å². The first-order valence-corrected chi connectivity index (χ1v) is 8.43. The van der Waals surface area contributed by atoms with E-state index in [0.29, 0.717) is 6.04 Å². The van der Waals surface area contributed by atoms with Crippen LogP contribution < -0.4 is 9.80 Å². The van der Waals surface area contributed by atoms with E-state index in [-0.39, 0.29) is 0 Å². The fourth-order valence-electron chi connectivity index (χ4n) is 4.28. The van der Waals surface area contributed by atoms with Crippen molar-refractivity contribution in [2.75, 3.05) is 23.4 Å². The molecule has 2 atom stereocenters. The lowest BCUT2D eigenvalue weighted by Crippen LogP contribution is -2.36. The quantitative estimate of drug-likeness (QED) is 0.813. The van der Waals surface area contributed by atoms with E-state index in [1.165, 1.54) is 42.7 Å². The third-order valence-electron chi connectivity index (χ3n) is 5.39. The highest BCUT2D eigenvalue weighted by atomic mass is 15.2. The summed E-state index contributed by atoms with van der Waals surface area (Å²) in [5, 5.41) is 0. The molecule has 1 heterocycles. The first kappa shape index (κ1) is 13.7. The van der Waals surface area contributed by atoms with E-state index in [4.69, 9.17) is 0 Å². The van der Waals surface area contributed by atoms with Crippen molar-refractivity contribution in [1.29, 1.82) is 0 Å². The van der Waals surface area contributed by atoms with E-state index >= 15 is 0 Å². The summed E-state index contributed by atoms with van der Waals surface area (Å²) in [4.78, 5) is 5.13. The minimum Gasteiger partial charge on any atom is -0.370 e. The van der Waals surface area contributed by atoms with Crippen molar-refractivity contribution in [3.63, 3.8) is 0 Å². The maximum Gasteiger partial charge on any atom is 0.0607 e. The summed E-state index contributed by atoms with van der Waals surface area (Å²) in [7, 11) is 2.29. The predicted octanol–water partition coefficient (Wildman–Crippen LogP) is 4.31. The normalized spacial score (nSPS) is 23.9. The van der Waals surface area contributed by atoms with Gasteiger partial charge in [-0.3, -0.25) is 0 Å². The van der Waals surface area contributed by atoms with Gasteiger partial charge in [0.05, 0.1) is 11.4 Å². The molecule has 0 radical (unpaired) electrons. The van der Waals surface area contributed by atoms with Crippen LogP contribution in [-0.4, -0.2) is 19.6 Å². The van der Waals surface area contributed by atoms with Gasteiger partial charge in [0, 0.05) is 26.2 Å². The van der Waals surface area contributed by atoms with Gasteiger partial charge in [0.15, 0.2) is 0 Å². The lowest BCUT2D eigenvalue weighted by molar-refractivity contribution is 0.468. The largest absolute Gasteiger partial charge is 0.370 e. The topological polar surface area (TPSA) is 6.48 Å². The summed E-state index contributed by atoms with van der Waals surface area (Å²) in [5.41, 5.74) is 4.19. The highest BCUT2D eigenvalue weighted by Gasteiger charge is 2.36. The highest BCUT2D eigenvalue weighted by Crippen LogP contribution is 2.41. The maximum absolute atomic E-state index is 2.59. The molecule has 1 saturated carbocycles. The number of benzene rings is 2. The third-order valence-corrected chi connectivity index (χ3v) is 5.39. The molecule has 0 amide bonds. The SMILES string of the molecule is CN1c2ccccc2N(Cc2ccccc2)C[C@H]2CCCC21. The molecule has 1 aliphatic heterocycles. The van der Waals surface area contributed by atoms with Gasteiger partial charge in [0.2, 0.25) is 0 Å². The van der Waals surface area contributed by atoms with Gasteiger partial charge < -0.3 is 9.80 Å². The van der Waals surface area contributed by atoms with Gasteiger partial charge in [0.25, 0.3) is 0 Å². The Labute approximate surface area is 133 Å². The number of para-hydroxylation sites is 2. The second-order valence-corrected chi connectivity index (χ2v) is 6.72. The van der Waals surface area contributed by atoms with Crippen LogP contribution >= 0.6 is 0 Å². The summed E-state index contributed by atoms with van der Waals surface area (Å²) < 4.78 is 0. The van der Waals surface area contributed by atoms with E-state index < -0.39 is 0 Å². The molecule has 0 spiro atoms. The summed E-state index contributed by atoms with van der Waals surface area (Å²) in [5.74, 6) is 0.793. The number of hydrogen-bond donors (Lipinski definition) is 0. The molecular weight excluding hydrogens is 268 g/mol. The van der Waals surface area contributed by atoms with Gasteiger partial charge in [-0.15, -0.1) is 0 Å². The lowest BCUT2D eigenvalue weighted by atomic mass is 10.0. The van der Waals surface area contributed by atoms with Gasteiger partial charge in [-0.2, -0.15) is 0 Å². The molecule has 1 unspecified atom stereocenters. The maximum atomic E-state index is 2.59. The lowest BCUT2D eigenvalue weighted by Gasteiger charge is -2.28. The Morgan fingerprint density at radius 3 is 2.45 bits per heavy atom. The van der Waals surface area contributed by atoms with Gasteiger partial charge in [-0.25, -0.2) is 0 Å². The number of hydrogen-bond acceptors (Lipinski definition) is 2. The molecule has 2 nitrogen and oxygen atoms in total. The van der Waals surface area contributed by atoms with E-state index in [1.54, 1.807) is 0 Å². The van der Waals surface area contributed by atoms with Crippen LogP contribution in [-0.2, 0) is 6.54 Å². The molecule has 2 aromatic carbocycles. The molecule has 0 N–H and O–H groups in total.